The number of carbonyl (C=O) groups is 1. The minimum Gasteiger partial charge on any atom is -0.329 e. The number of hydrogen-bond acceptors (Lipinski definition) is 5. The monoisotopic (exact) mass is 271 g/mol. The summed E-state index contributed by atoms with van der Waals surface area (Å²) in [7, 11) is 0. The maximum atomic E-state index is 12.4. The third-order valence-corrected chi connectivity index (χ3v) is 3.35. The van der Waals surface area contributed by atoms with Crippen molar-refractivity contribution in [2.45, 2.75) is 18.9 Å². The van der Waals surface area contributed by atoms with E-state index >= 15 is 0 Å². The summed E-state index contributed by atoms with van der Waals surface area (Å²) in [5.41, 5.74) is 0.622. The number of aromatic amines is 1. The van der Waals surface area contributed by atoms with Gasteiger partial charge in [-0.2, -0.15) is 0 Å². The van der Waals surface area contributed by atoms with Crippen molar-refractivity contribution >= 4 is 5.91 Å². The van der Waals surface area contributed by atoms with E-state index in [9.17, 15) is 9.59 Å². The smallest absolute Gasteiger partial charge is 0.329 e. The predicted molar refractivity (Wildman–Crippen MR) is 69.9 cm³/mol. The molecule has 3 heterocycles. The highest BCUT2D eigenvalue weighted by Crippen LogP contribution is 2.31. The molecule has 0 spiro atoms. The van der Waals surface area contributed by atoms with Gasteiger partial charge in [0.15, 0.2) is 0 Å². The summed E-state index contributed by atoms with van der Waals surface area (Å²) in [6, 6.07) is 1.59. The molecule has 1 aliphatic heterocycles. The van der Waals surface area contributed by atoms with Crippen molar-refractivity contribution in [2.24, 2.45) is 0 Å². The van der Waals surface area contributed by atoms with Crippen molar-refractivity contribution in [3.05, 3.63) is 52.7 Å². The highest BCUT2D eigenvalue weighted by molar-refractivity contribution is 5.92. The maximum Gasteiger partial charge on any atom is 0.345 e. The van der Waals surface area contributed by atoms with Gasteiger partial charge in [-0.1, -0.05) is 0 Å². The summed E-state index contributed by atoms with van der Waals surface area (Å²) in [5.74, 6) is -0.168. The van der Waals surface area contributed by atoms with Crippen LogP contribution in [0.1, 0.15) is 35.1 Å². The molecule has 0 radical (unpaired) electrons. The lowest BCUT2D eigenvalue weighted by atomic mass is 10.1. The van der Waals surface area contributed by atoms with E-state index in [4.69, 9.17) is 0 Å². The van der Waals surface area contributed by atoms with Crippen molar-refractivity contribution in [1.82, 2.24) is 24.8 Å². The number of amides is 1. The van der Waals surface area contributed by atoms with Crippen LogP contribution in [0.3, 0.4) is 0 Å². The Kier molecular flexibility index (Phi) is 3.24. The molecule has 7 heteroatoms. The zero-order valence-corrected chi connectivity index (χ0v) is 10.7. The van der Waals surface area contributed by atoms with Crippen molar-refractivity contribution in [2.75, 3.05) is 6.54 Å². The van der Waals surface area contributed by atoms with Gasteiger partial charge in [0.1, 0.15) is 5.69 Å². The fourth-order valence-electron chi connectivity index (χ4n) is 2.47. The highest BCUT2D eigenvalue weighted by atomic mass is 16.2. The van der Waals surface area contributed by atoms with Gasteiger partial charge in [0.2, 0.25) is 0 Å². The van der Waals surface area contributed by atoms with Gasteiger partial charge in [-0.3, -0.25) is 9.78 Å². The average Bonchev–Trinajstić information content (AvgIpc) is 2.97. The Bertz CT molecular complexity index is 670. The van der Waals surface area contributed by atoms with Gasteiger partial charge in [0.05, 0.1) is 12.2 Å². The average molecular weight is 271 g/mol. The molecule has 20 heavy (non-hydrogen) atoms. The van der Waals surface area contributed by atoms with E-state index in [0.717, 1.165) is 12.8 Å². The first-order chi connectivity index (χ1) is 9.75. The SMILES string of the molecule is O=C(c1cnccn1)N1CCC[C@H]1c1ccnc(=O)[nH]1. The van der Waals surface area contributed by atoms with Gasteiger partial charge >= 0.3 is 5.69 Å². The molecule has 3 rings (SSSR count). The van der Waals surface area contributed by atoms with Gasteiger partial charge in [-0.15, -0.1) is 0 Å². The molecule has 0 unspecified atom stereocenters. The maximum absolute atomic E-state index is 12.4. The summed E-state index contributed by atoms with van der Waals surface area (Å²) in [4.78, 5) is 39.7. The second kappa shape index (κ2) is 5.20. The fourth-order valence-corrected chi connectivity index (χ4v) is 2.47. The number of carbonyl (C=O) groups excluding carboxylic acids is 1. The second-order valence-corrected chi connectivity index (χ2v) is 4.58. The number of aromatic nitrogens is 4. The molecule has 0 bridgehead atoms. The number of H-pyrrole nitrogens is 1. The fraction of sp³-hybridized carbons (Fsp3) is 0.308. The van der Waals surface area contributed by atoms with Crippen LogP contribution in [-0.2, 0) is 0 Å². The van der Waals surface area contributed by atoms with Crippen molar-refractivity contribution < 1.29 is 4.79 Å². The van der Waals surface area contributed by atoms with E-state index in [2.05, 4.69) is 19.9 Å². The van der Waals surface area contributed by atoms with Gasteiger partial charge in [0, 0.05) is 30.8 Å². The van der Waals surface area contributed by atoms with Crippen molar-refractivity contribution in [1.29, 1.82) is 0 Å². The third kappa shape index (κ3) is 2.29. The molecule has 0 saturated carbocycles. The summed E-state index contributed by atoms with van der Waals surface area (Å²) >= 11 is 0. The van der Waals surface area contributed by atoms with Gasteiger partial charge in [-0.25, -0.2) is 14.8 Å². The summed E-state index contributed by atoms with van der Waals surface area (Å²) < 4.78 is 0. The molecule has 1 saturated heterocycles. The van der Waals surface area contributed by atoms with Crippen LogP contribution in [0.4, 0.5) is 0 Å². The van der Waals surface area contributed by atoms with E-state index in [1.165, 1.54) is 24.8 Å². The zero-order valence-electron chi connectivity index (χ0n) is 10.7. The standard InChI is InChI=1S/C13H13N5O2/c19-12(10-8-14-5-6-15-10)18-7-1-2-11(18)9-3-4-16-13(20)17-9/h3-6,8,11H,1-2,7H2,(H,16,17,20)/t11-/m0/s1. The number of nitrogens with zero attached hydrogens (tertiary/aromatic N) is 4. The minimum absolute atomic E-state index is 0.139. The van der Waals surface area contributed by atoms with Crippen LogP contribution in [0.2, 0.25) is 0 Å². The Hall–Kier alpha value is -2.57. The van der Waals surface area contributed by atoms with Crippen LogP contribution >= 0.6 is 0 Å². The quantitative estimate of drug-likeness (QED) is 0.860. The number of likely N-dealkylation sites (tertiary alicyclic amines) is 1. The van der Waals surface area contributed by atoms with Crippen LogP contribution in [0.15, 0.2) is 35.6 Å². The predicted octanol–water partition coefficient (Wildman–Crippen LogP) is 0.537. The first kappa shape index (κ1) is 12.5. The first-order valence-electron chi connectivity index (χ1n) is 6.38. The molecule has 1 fully saturated rings. The van der Waals surface area contributed by atoms with E-state index in [-0.39, 0.29) is 11.9 Å². The van der Waals surface area contributed by atoms with Gasteiger partial charge < -0.3 is 9.88 Å². The minimum atomic E-state index is -0.402. The largest absolute Gasteiger partial charge is 0.345 e. The number of hydrogen-bond donors (Lipinski definition) is 1. The van der Waals surface area contributed by atoms with Gasteiger partial charge in [-0.05, 0) is 18.9 Å². The Morgan fingerprint density at radius 1 is 1.30 bits per heavy atom. The molecule has 0 aliphatic carbocycles. The number of nitrogens with one attached hydrogen (secondary N) is 1. The van der Waals surface area contributed by atoms with E-state index < -0.39 is 5.69 Å². The van der Waals surface area contributed by atoms with Crippen LogP contribution in [0, 0.1) is 0 Å². The van der Waals surface area contributed by atoms with E-state index in [0.29, 0.717) is 17.9 Å². The van der Waals surface area contributed by atoms with Crippen LogP contribution in [0.5, 0.6) is 0 Å². The van der Waals surface area contributed by atoms with E-state index in [1.807, 2.05) is 0 Å². The van der Waals surface area contributed by atoms with Crippen LogP contribution < -0.4 is 5.69 Å². The Morgan fingerprint density at radius 2 is 2.20 bits per heavy atom. The Labute approximate surface area is 114 Å². The zero-order chi connectivity index (χ0) is 13.9. The van der Waals surface area contributed by atoms with E-state index in [1.54, 1.807) is 11.0 Å². The summed E-state index contributed by atoms with van der Waals surface area (Å²) in [6.45, 7) is 0.643. The van der Waals surface area contributed by atoms with Gasteiger partial charge in [0.25, 0.3) is 5.91 Å². The van der Waals surface area contributed by atoms with Crippen molar-refractivity contribution in [3.63, 3.8) is 0 Å². The third-order valence-electron chi connectivity index (χ3n) is 3.35. The summed E-state index contributed by atoms with van der Waals surface area (Å²) in [5, 5.41) is 0. The molecule has 2 aromatic heterocycles. The molecular weight excluding hydrogens is 258 g/mol. The normalized spacial score (nSPS) is 18.2. The second-order valence-electron chi connectivity index (χ2n) is 4.58. The highest BCUT2D eigenvalue weighted by Gasteiger charge is 2.31. The molecule has 1 atom stereocenters. The Balaban J connectivity index is 1.90. The topological polar surface area (TPSA) is 91.8 Å². The molecule has 1 amide bonds. The van der Waals surface area contributed by atoms with Crippen LogP contribution in [0.25, 0.3) is 0 Å². The van der Waals surface area contributed by atoms with Crippen LogP contribution in [-0.4, -0.2) is 37.3 Å². The molecule has 7 nitrogen and oxygen atoms in total. The summed E-state index contributed by atoms with van der Waals surface area (Å²) in [6.07, 6.45) is 7.63. The molecule has 2 aromatic rings. The molecular formula is C13H13N5O2. The molecule has 0 aromatic carbocycles. The lowest BCUT2D eigenvalue weighted by Crippen LogP contribution is -2.32. The first-order valence-corrected chi connectivity index (χ1v) is 6.38. The molecule has 102 valence electrons. The number of rotatable bonds is 2. The lowest BCUT2D eigenvalue weighted by Gasteiger charge is -2.24. The lowest BCUT2D eigenvalue weighted by molar-refractivity contribution is 0.0726. The molecule has 1 N–H and O–H groups in total. The Morgan fingerprint density at radius 3 is 2.95 bits per heavy atom. The molecule has 1 aliphatic rings. The van der Waals surface area contributed by atoms with Crippen molar-refractivity contribution in [3.8, 4) is 0 Å².